The van der Waals surface area contributed by atoms with Gasteiger partial charge in [-0.2, -0.15) is 0 Å². The first-order chi connectivity index (χ1) is 16.1. The number of nitrogens with one attached hydrogen (secondary N) is 2. The summed E-state index contributed by atoms with van der Waals surface area (Å²) in [5, 5.41) is 13.5. The highest BCUT2D eigenvalue weighted by Gasteiger charge is 2.17. The van der Waals surface area contributed by atoms with Crippen molar-refractivity contribution in [2.75, 3.05) is 13.4 Å². The number of carbonyl (C=O) groups is 1. The number of carbonyl (C=O) groups excluding carboxylic acids is 1. The fourth-order valence-corrected chi connectivity index (χ4v) is 3.41. The number of hydrogen-bond acceptors (Lipinski definition) is 6. The van der Waals surface area contributed by atoms with E-state index < -0.39 is 11.5 Å². The summed E-state index contributed by atoms with van der Waals surface area (Å²) < 4.78 is 16.3. The third-order valence-electron chi connectivity index (χ3n) is 5.08. The van der Waals surface area contributed by atoms with E-state index in [1.807, 2.05) is 19.9 Å². The summed E-state index contributed by atoms with van der Waals surface area (Å²) in [5.41, 5.74) is 0.617. The molecule has 1 amide bonds. The van der Waals surface area contributed by atoms with Gasteiger partial charge in [-0.05, 0) is 42.3 Å². The van der Waals surface area contributed by atoms with Gasteiger partial charge in [-0.1, -0.05) is 39.7 Å². The van der Waals surface area contributed by atoms with Crippen molar-refractivity contribution in [3.8, 4) is 23.0 Å². The normalized spacial score (nSPS) is 11.6. The van der Waals surface area contributed by atoms with Gasteiger partial charge in [0, 0.05) is 14.8 Å². The Labute approximate surface area is 195 Å². The molecule has 0 aliphatic carbocycles. The number of phenolic OH excluding ortho intramolecular Hbond substituents is 1. The number of hydrogen-bond donors (Lipinski definition) is 3. The van der Waals surface area contributed by atoms with E-state index in [-0.39, 0.29) is 33.3 Å². The lowest BCUT2D eigenvalue weighted by Crippen LogP contribution is -2.29. The summed E-state index contributed by atoms with van der Waals surface area (Å²) >= 11 is 0. The number of H-pyrrole nitrogens is 1. The van der Waals surface area contributed by atoms with Gasteiger partial charge in [0.05, 0.1) is 12.1 Å². The number of rotatable bonds is 8. The van der Waals surface area contributed by atoms with E-state index in [2.05, 4.69) is 17.2 Å². The molecule has 0 atom stereocenters. The SMILES string of the molecule is CC.CCCCCOc1c(O)ccc2cc(C(=O)NCc3ccc4c(c3)OCO4)c(=O)[nH]c12.[HH].[HH]. The predicted molar refractivity (Wildman–Crippen MR) is 131 cm³/mol. The van der Waals surface area contributed by atoms with Crippen LogP contribution < -0.4 is 25.1 Å². The molecule has 2 heterocycles. The van der Waals surface area contributed by atoms with Gasteiger partial charge in [-0.3, -0.25) is 9.59 Å². The quantitative estimate of drug-likeness (QED) is 0.411. The third kappa shape index (κ3) is 5.58. The lowest BCUT2D eigenvalue weighted by Gasteiger charge is -2.12. The van der Waals surface area contributed by atoms with Crippen LogP contribution in [-0.4, -0.2) is 29.4 Å². The molecule has 1 aliphatic rings. The van der Waals surface area contributed by atoms with Crippen LogP contribution in [0.2, 0.25) is 0 Å². The van der Waals surface area contributed by atoms with Crippen LogP contribution in [0.5, 0.6) is 23.0 Å². The number of benzene rings is 2. The molecule has 3 N–H and O–H groups in total. The van der Waals surface area contributed by atoms with Crippen molar-refractivity contribution in [1.29, 1.82) is 0 Å². The van der Waals surface area contributed by atoms with Crippen LogP contribution in [0.25, 0.3) is 10.9 Å². The topological polar surface area (TPSA) is 110 Å². The molecule has 0 radical (unpaired) electrons. The Kier molecular flexibility index (Phi) is 8.18. The van der Waals surface area contributed by atoms with Crippen molar-refractivity contribution in [2.45, 2.75) is 46.6 Å². The first-order valence-corrected chi connectivity index (χ1v) is 11.3. The van der Waals surface area contributed by atoms with Gasteiger partial charge >= 0.3 is 0 Å². The van der Waals surface area contributed by atoms with Gasteiger partial charge in [-0.15, -0.1) is 0 Å². The molecule has 0 bridgehead atoms. The first-order valence-electron chi connectivity index (χ1n) is 11.3. The molecule has 1 aliphatic heterocycles. The van der Waals surface area contributed by atoms with Crippen LogP contribution in [0.3, 0.4) is 0 Å². The van der Waals surface area contributed by atoms with Crippen molar-refractivity contribution in [1.82, 2.24) is 10.3 Å². The maximum absolute atomic E-state index is 12.6. The zero-order valence-corrected chi connectivity index (χ0v) is 19.2. The molecule has 33 heavy (non-hydrogen) atoms. The van der Waals surface area contributed by atoms with E-state index >= 15 is 0 Å². The Morgan fingerprint density at radius 1 is 1.15 bits per heavy atom. The largest absolute Gasteiger partial charge is 0.504 e. The minimum Gasteiger partial charge on any atom is -0.504 e. The predicted octanol–water partition coefficient (Wildman–Crippen LogP) is 4.98. The van der Waals surface area contributed by atoms with E-state index in [0.29, 0.717) is 29.0 Å². The van der Waals surface area contributed by atoms with Crippen molar-refractivity contribution in [3.63, 3.8) is 0 Å². The fourth-order valence-electron chi connectivity index (χ4n) is 3.41. The Bertz CT molecular complexity index is 1180. The lowest BCUT2D eigenvalue weighted by molar-refractivity contribution is 0.0949. The van der Waals surface area contributed by atoms with Gasteiger partial charge in [0.15, 0.2) is 23.0 Å². The van der Waals surface area contributed by atoms with Gasteiger partial charge < -0.3 is 29.6 Å². The zero-order valence-electron chi connectivity index (χ0n) is 19.2. The van der Waals surface area contributed by atoms with Crippen LogP contribution >= 0.6 is 0 Å². The average molecular weight is 459 g/mol. The maximum atomic E-state index is 12.6. The van der Waals surface area contributed by atoms with E-state index in [0.717, 1.165) is 24.8 Å². The second-order valence-corrected chi connectivity index (χ2v) is 7.32. The highest BCUT2D eigenvalue weighted by molar-refractivity contribution is 5.98. The number of aromatic hydroxyl groups is 1. The number of fused-ring (bicyclic) bond motifs is 2. The summed E-state index contributed by atoms with van der Waals surface area (Å²) in [4.78, 5) is 27.9. The van der Waals surface area contributed by atoms with Gasteiger partial charge in [-0.25, -0.2) is 0 Å². The monoisotopic (exact) mass is 458 g/mol. The number of amides is 1. The molecule has 8 nitrogen and oxygen atoms in total. The number of aromatic nitrogens is 1. The van der Waals surface area contributed by atoms with Crippen LogP contribution in [0.15, 0.2) is 41.2 Å². The van der Waals surface area contributed by atoms with Crippen LogP contribution in [0.4, 0.5) is 0 Å². The summed E-state index contributed by atoms with van der Waals surface area (Å²) in [6.45, 7) is 6.93. The zero-order chi connectivity index (χ0) is 23.8. The molecule has 2 aromatic carbocycles. The van der Waals surface area contributed by atoms with Gasteiger partial charge in [0.2, 0.25) is 6.79 Å². The molecule has 1 aromatic heterocycles. The summed E-state index contributed by atoms with van der Waals surface area (Å²) in [5.74, 6) is 0.954. The Balaban J connectivity index is 0.00000149. The minimum absolute atomic E-state index is 0. The Morgan fingerprint density at radius 2 is 1.94 bits per heavy atom. The molecule has 0 saturated heterocycles. The van der Waals surface area contributed by atoms with E-state index in [4.69, 9.17) is 14.2 Å². The van der Waals surface area contributed by atoms with Gasteiger partial charge in [0.25, 0.3) is 11.5 Å². The second kappa shape index (κ2) is 11.3. The van der Waals surface area contributed by atoms with Crippen molar-refractivity contribution in [3.05, 3.63) is 57.9 Å². The van der Waals surface area contributed by atoms with Crippen molar-refractivity contribution in [2.24, 2.45) is 0 Å². The highest BCUT2D eigenvalue weighted by atomic mass is 16.7. The van der Waals surface area contributed by atoms with Crippen LogP contribution in [0, 0.1) is 0 Å². The summed E-state index contributed by atoms with van der Waals surface area (Å²) in [7, 11) is 0. The van der Waals surface area contributed by atoms with E-state index in [1.54, 1.807) is 18.2 Å². The highest BCUT2D eigenvalue weighted by Crippen LogP contribution is 2.34. The number of ether oxygens (including phenoxy) is 3. The number of aromatic amines is 1. The van der Waals surface area contributed by atoms with Crippen molar-refractivity contribution >= 4 is 16.8 Å². The Morgan fingerprint density at radius 3 is 2.73 bits per heavy atom. The maximum Gasteiger partial charge on any atom is 0.261 e. The van der Waals surface area contributed by atoms with Crippen LogP contribution in [-0.2, 0) is 6.54 Å². The standard InChI is InChI=1S/C23H24N2O6.C2H6.2H2/c1-2-3-4-9-29-21-17(26)7-6-15-11-16(23(28)25-20(15)21)22(27)24-12-14-5-8-18-19(10-14)31-13-30-18;1-2;;/h5-8,10-11,26H,2-4,9,12-13H2,1H3,(H,24,27)(H,25,28);1-2H3;2*1H. The summed E-state index contributed by atoms with van der Waals surface area (Å²) in [6, 6.07) is 10.0. The first kappa shape index (κ1) is 24.0. The summed E-state index contributed by atoms with van der Waals surface area (Å²) in [6.07, 6.45) is 2.90. The molecule has 8 heteroatoms. The number of phenols is 1. The average Bonchev–Trinajstić information content (AvgIpc) is 3.30. The smallest absolute Gasteiger partial charge is 0.261 e. The molecule has 180 valence electrons. The molecule has 0 unspecified atom stereocenters. The van der Waals surface area contributed by atoms with Crippen LogP contribution in [0.1, 0.15) is 58.8 Å². The minimum atomic E-state index is -0.556. The second-order valence-electron chi connectivity index (χ2n) is 7.32. The van der Waals surface area contributed by atoms with E-state index in [1.165, 1.54) is 12.1 Å². The lowest BCUT2D eigenvalue weighted by atomic mass is 10.1. The molecule has 0 saturated carbocycles. The number of pyridine rings is 1. The molecule has 0 spiro atoms. The van der Waals surface area contributed by atoms with Crippen molar-refractivity contribution < 1.29 is 27.0 Å². The molecular weight excluding hydrogens is 424 g/mol. The molecule has 3 aromatic rings. The molecule has 0 fully saturated rings. The van der Waals surface area contributed by atoms with Gasteiger partial charge in [0.1, 0.15) is 5.56 Å². The fraction of sp³-hybridized carbons (Fsp3) is 0.360. The van der Waals surface area contributed by atoms with E-state index in [9.17, 15) is 14.7 Å². The third-order valence-corrected chi connectivity index (χ3v) is 5.08. The Hall–Kier alpha value is -3.68. The number of unbranched alkanes of at least 4 members (excludes halogenated alkanes) is 2. The molecular formula is C25H34N2O6. The molecule has 4 rings (SSSR count).